The van der Waals surface area contributed by atoms with Crippen molar-refractivity contribution in [3.05, 3.63) is 29.3 Å². The fraction of sp³-hybridized carbons (Fsp3) is 0.533. The lowest BCUT2D eigenvalue weighted by molar-refractivity contribution is 0.338. The van der Waals surface area contributed by atoms with Crippen LogP contribution in [0.3, 0.4) is 0 Å². The molecule has 0 bridgehead atoms. The third-order valence-corrected chi connectivity index (χ3v) is 5.24. The van der Waals surface area contributed by atoms with Crippen molar-refractivity contribution in [2.45, 2.75) is 33.2 Å². The van der Waals surface area contributed by atoms with Crippen LogP contribution < -0.4 is 5.32 Å². The van der Waals surface area contributed by atoms with E-state index in [4.69, 9.17) is 0 Å². The van der Waals surface area contributed by atoms with Gasteiger partial charge in [0.25, 0.3) is 0 Å². The lowest BCUT2D eigenvalue weighted by Gasteiger charge is -2.19. The fourth-order valence-corrected chi connectivity index (χ4v) is 3.47. The Morgan fingerprint density at radius 3 is 2.78 bits per heavy atom. The van der Waals surface area contributed by atoms with Crippen LogP contribution >= 0.6 is 11.3 Å². The fourth-order valence-electron chi connectivity index (χ4n) is 2.53. The van der Waals surface area contributed by atoms with Crippen LogP contribution in [0.15, 0.2) is 24.3 Å². The third-order valence-electron chi connectivity index (χ3n) is 4.21. The average molecular weight is 260 g/mol. The van der Waals surface area contributed by atoms with Gasteiger partial charge in [0.2, 0.25) is 0 Å². The number of nitrogens with zero attached hydrogens (tertiary/aromatic N) is 1. The lowest BCUT2D eigenvalue weighted by atomic mass is 9.92. The van der Waals surface area contributed by atoms with E-state index < -0.39 is 0 Å². The number of aromatic nitrogens is 1. The first-order valence-electron chi connectivity index (χ1n) is 6.75. The van der Waals surface area contributed by atoms with E-state index in [2.05, 4.69) is 48.4 Å². The zero-order valence-corrected chi connectivity index (χ0v) is 11.9. The van der Waals surface area contributed by atoms with Crippen LogP contribution in [0.1, 0.15) is 31.7 Å². The molecule has 3 heteroatoms. The van der Waals surface area contributed by atoms with E-state index >= 15 is 0 Å². The highest BCUT2D eigenvalue weighted by atomic mass is 32.1. The zero-order valence-electron chi connectivity index (χ0n) is 11.1. The van der Waals surface area contributed by atoms with Gasteiger partial charge in [-0.3, -0.25) is 0 Å². The molecular formula is C15H20N2S. The summed E-state index contributed by atoms with van der Waals surface area (Å²) in [6.07, 6.45) is 2.77. The number of para-hydroxylation sites is 1. The molecule has 0 amide bonds. The van der Waals surface area contributed by atoms with Crippen molar-refractivity contribution in [3.8, 4) is 0 Å². The second-order valence-electron chi connectivity index (χ2n) is 5.70. The molecule has 0 radical (unpaired) electrons. The van der Waals surface area contributed by atoms with Crippen molar-refractivity contribution in [2.75, 3.05) is 6.54 Å². The van der Waals surface area contributed by atoms with Gasteiger partial charge in [0.1, 0.15) is 5.01 Å². The van der Waals surface area contributed by atoms with Gasteiger partial charge < -0.3 is 5.32 Å². The van der Waals surface area contributed by atoms with Crippen molar-refractivity contribution in [3.63, 3.8) is 0 Å². The SMILES string of the molecule is CC(C)C1(CNCc2nc3ccccc3s2)CC1. The monoisotopic (exact) mass is 260 g/mol. The van der Waals surface area contributed by atoms with Crippen LogP contribution in [-0.4, -0.2) is 11.5 Å². The van der Waals surface area contributed by atoms with Gasteiger partial charge in [-0.2, -0.15) is 0 Å². The lowest BCUT2D eigenvalue weighted by Crippen LogP contribution is -2.27. The Morgan fingerprint density at radius 2 is 2.11 bits per heavy atom. The summed E-state index contributed by atoms with van der Waals surface area (Å²) in [6.45, 7) is 6.73. The van der Waals surface area contributed by atoms with Gasteiger partial charge in [-0.25, -0.2) is 4.98 Å². The van der Waals surface area contributed by atoms with Gasteiger partial charge >= 0.3 is 0 Å². The Kier molecular flexibility index (Phi) is 3.12. The first-order chi connectivity index (χ1) is 8.70. The molecule has 0 aliphatic heterocycles. The van der Waals surface area contributed by atoms with Gasteiger partial charge in [-0.1, -0.05) is 26.0 Å². The standard InChI is InChI=1S/C15H20N2S/c1-11(2)15(7-8-15)10-16-9-14-17-12-5-3-4-6-13(12)18-14/h3-6,11,16H,7-10H2,1-2H3. The predicted molar refractivity (Wildman–Crippen MR) is 77.8 cm³/mol. The molecule has 0 unspecified atom stereocenters. The van der Waals surface area contributed by atoms with Crippen LogP contribution in [-0.2, 0) is 6.54 Å². The minimum Gasteiger partial charge on any atom is -0.310 e. The van der Waals surface area contributed by atoms with E-state index in [1.165, 1.54) is 22.5 Å². The zero-order chi connectivity index (χ0) is 12.6. The van der Waals surface area contributed by atoms with Crippen LogP contribution in [0.25, 0.3) is 10.2 Å². The highest BCUT2D eigenvalue weighted by Crippen LogP contribution is 2.51. The van der Waals surface area contributed by atoms with Crippen molar-refractivity contribution < 1.29 is 0 Å². The molecule has 0 spiro atoms. The average Bonchev–Trinajstić information content (AvgIpc) is 3.03. The van der Waals surface area contributed by atoms with Gasteiger partial charge in [0.15, 0.2) is 0 Å². The summed E-state index contributed by atoms with van der Waals surface area (Å²) in [7, 11) is 0. The number of thiazole rings is 1. The highest BCUT2D eigenvalue weighted by molar-refractivity contribution is 7.18. The first-order valence-corrected chi connectivity index (χ1v) is 7.56. The van der Waals surface area contributed by atoms with Crippen LogP contribution in [0.2, 0.25) is 0 Å². The summed E-state index contributed by atoms with van der Waals surface area (Å²) in [5, 5.41) is 4.80. The molecule has 3 rings (SSSR count). The smallest absolute Gasteiger partial charge is 0.108 e. The molecule has 96 valence electrons. The van der Waals surface area contributed by atoms with E-state index in [0.29, 0.717) is 5.41 Å². The Labute approximate surface area is 112 Å². The Morgan fingerprint density at radius 1 is 1.33 bits per heavy atom. The summed E-state index contributed by atoms with van der Waals surface area (Å²) in [5.74, 6) is 0.792. The number of nitrogens with one attached hydrogen (secondary N) is 1. The molecule has 1 aliphatic carbocycles. The number of rotatable bonds is 5. The molecule has 18 heavy (non-hydrogen) atoms. The maximum atomic E-state index is 4.65. The summed E-state index contributed by atoms with van der Waals surface area (Å²) >= 11 is 1.80. The van der Waals surface area contributed by atoms with Gasteiger partial charge in [0.05, 0.1) is 10.2 Å². The minimum atomic E-state index is 0.580. The normalized spacial score (nSPS) is 17.5. The Balaban J connectivity index is 1.60. The van der Waals surface area contributed by atoms with E-state index in [9.17, 15) is 0 Å². The molecule has 1 aromatic heterocycles. The summed E-state index contributed by atoms with van der Waals surface area (Å²) < 4.78 is 1.29. The molecule has 1 N–H and O–H groups in total. The number of benzene rings is 1. The van der Waals surface area contributed by atoms with Crippen LogP contribution in [0, 0.1) is 11.3 Å². The van der Waals surface area contributed by atoms with Crippen LogP contribution in [0.5, 0.6) is 0 Å². The summed E-state index contributed by atoms with van der Waals surface area (Å²) in [4.78, 5) is 4.65. The predicted octanol–water partition coefficient (Wildman–Crippen LogP) is 3.82. The molecule has 1 aromatic carbocycles. The van der Waals surface area contributed by atoms with Crippen molar-refractivity contribution in [2.24, 2.45) is 11.3 Å². The second kappa shape index (κ2) is 4.63. The molecule has 2 aromatic rings. The van der Waals surface area contributed by atoms with E-state index in [1.807, 2.05) is 0 Å². The van der Waals surface area contributed by atoms with Crippen LogP contribution in [0.4, 0.5) is 0 Å². The third kappa shape index (κ3) is 2.29. The molecule has 1 saturated carbocycles. The van der Waals surface area contributed by atoms with E-state index in [1.54, 1.807) is 11.3 Å². The molecule has 1 aliphatic rings. The van der Waals surface area contributed by atoms with Crippen molar-refractivity contribution in [1.82, 2.24) is 10.3 Å². The Bertz CT molecular complexity index is 507. The minimum absolute atomic E-state index is 0.580. The first kappa shape index (κ1) is 12.1. The molecule has 1 heterocycles. The largest absolute Gasteiger partial charge is 0.310 e. The summed E-state index contributed by atoms with van der Waals surface area (Å²) in [6, 6.07) is 8.37. The quantitative estimate of drug-likeness (QED) is 0.884. The molecule has 2 nitrogen and oxygen atoms in total. The van der Waals surface area contributed by atoms with Crippen molar-refractivity contribution in [1.29, 1.82) is 0 Å². The van der Waals surface area contributed by atoms with Gasteiger partial charge in [-0.05, 0) is 36.3 Å². The number of fused-ring (bicyclic) bond motifs is 1. The molecule has 1 fully saturated rings. The molecule has 0 atom stereocenters. The Hall–Kier alpha value is -0.930. The van der Waals surface area contributed by atoms with Crippen molar-refractivity contribution >= 4 is 21.6 Å². The van der Waals surface area contributed by atoms with Gasteiger partial charge in [-0.15, -0.1) is 11.3 Å². The van der Waals surface area contributed by atoms with Gasteiger partial charge in [0, 0.05) is 13.1 Å². The number of hydrogen-bond donors (Lipinski definition) is 1. The maximum absolute atomic E-state index is 4.65. The highest BCUT2D eigenvalue weighted by Gasteiger charge is 2.44. The van der Waals surface area contributed by atoms with E-state index in [0.717, 1.165) is 24.5 Å². The second-order valence-corrected chi connectivity index (χ2v) is 6.81. The topological polar surface area (TPSA) is 24.9 Å². The molecule has 0 saturated heterocycles. The van der Waals surface area contributed by atoms with E-state index in [-0.39, 0.29) is 0 Å². The molecular weight excluding hydrogens is 240 g/mol. The number of hydrogen-bond acceptors (Lipinski definition) is 3. The maximum Gasteiger partial charge on any atom is 0.108 e. The summed E-state index contributed by atoms with van der Waals surface area (Å²) in [5.41, 5.74) is 1.71.